The topological polar surface area (TPSA) is 54.2 Å². The van der Waals surface area contributed by atoms with Crippen LogP contribution >= 0.6 is 0 Å². The van der Waals surface area contributed by atoms with E-state index in [0.29, 0.717) is 6.04 Å². The number of hydrogen-bond donors (Lipinski definition) is 2. The van der Waals surface area contributed by atoms with Crippen molar-refractivity contribution in [2.24, 2.45) is 0 Å². The second-order valence-electron chi connectivity index (χ2n) is 6.17. The van der Waals surface area contributed by atoms with E-state index in [0.717, 1.165) is 35.9 Å². The van der Waals surface area contributed by atoms with Crippen molar-refractivity contribution in [3.8, 4) is 11.4 Å². The van der Waals surface area contributed by atoms with E-state index in [9.17, 15) is 0 Å². The van der Waals surface area contributed by atoms with Crippen LogP contribution < -0.4 is 10.6 Å². The number of nitrogens with zero attached hydrogens (tertiary/aromatic N) is 3. The van der Waals surface area contributed by atoms with Gasteiger partial charge in [0.1, 0.15) is 11.5 Å². The summed E-state index contributed by atoms with van der Waals surface area (Å²) in [6.45, 7) is 4.20. The van der Waals surface area contributed by atoms with Crippen molar-refractivity contribution in [1.29, 1.82) is 0 Å². The summed E-state index contributed by atoms with van der Waals surface area (Å²) in [6.07, 6.45) is 6.35. The lowest BCUT2D eigenvalue weighted by atomic mass is 10.1. The van der Waals surface area contributed by atoms with Crippen LogP contribution in [0.15, 0.2) is 42.7 Å². The maximum atomic E-state index is 4.78. The van der Waals surface area contributed by atoms with E-state index >= 15 is 0 Å². The summed E-state index contributed by atoms with van der Waals surface area (Å²) in [5.41, 5.74) is 4.13. The Bertz CT molecular complexity index is 817. The zero-order valence-electron chi connectivity index (χ0n) is 13.3. The number of anilines is 1. The summed E-state index contributed by atoms with van der Waals surface area (Å²) in [5, 5.41) is 6.96. The first kappa shape index (κ1) is 14.2. The predicted molar refractivity (Wildman–Crippen MR) is 92.7 cm³/mol. The molecule has 1 aliphatic rings. The highest BCUT2D eigenvalue weighted by Crippen LogP contribution is 2.21. The lowest BCUT2D eigenvalue weighted by Crippen LogP contribution is -2.38. The average Bonchev–Trinajstić information content (AvgIpc) is 2.99. The van der Waals surface area contributed by atoms with Crippen LogP contribution in [0.4, 0.5) is 5.82 Å². The van der Waals surface area contributed by atoms with Gasteiger partial charge in [-0.2, -0.15) is 0 Å². The van der Waals surface area contributed by atoms with Gasteiger partial charge in [-0.25, -0.2) is 9.97 Å². The van der Waals surface area contributed by atoms with Gasteiger partial charge in [-0.05, 0) is 56.1 Å². The van der Waals surface area contributed by atoms with Crippen LogP contribution in [0.1, 0.15) is 18.4 Å². The van der Waals surface area contributed by atoms with Gasteiger partial charge < -0.3 is 10.6 Å². The Morgan fingerprint density at radius 1 is 1.30 bits per heavy atom. The molecule has 1 atom stereocenters. The Labute approximate surface area is 135 Å². The van der Waals surface area contributed by atoms with E-state index in [1.807, 2.05) is 18.3 Å². The number of piperidine rings is 1. The van der Waals surface area contributed by atoms with Crippen LogP contribution in [-0.2, 0) is 0 Å². The number of aryl methyl sites for hydroxylation is 1. The van der Waals surface area contributed by atoms with Gasteiger partial charge in [-0.3, -0.25) is 4.40 Å². The van der Waals surface area contributed by atoms with Crippen molar-refractivity contribution < 1.29 is 0 Å². The summed E-state index contributed by atoms with van der Waals surface area (Å²) in [7, 11) is 0. The van der Waals surface area contributed by atoms with Gasteiger partial charge in [0.15, 0.2) is 0 Å². The maximum Gasteiger partial charge on any atom is 0.137 e. The van der Waals surface area contributed by atoms with E-state index < -0.39 is 0 Å². The van der Waals surface area contributed by atoms with Crippen LogP contribution in [0.3, 0.4) is 0 Å². The molecule has 3 aromatic rings. The molecule has 0 aliphatic carbocycles. The number of nitrogens with one attached hydrogen (secondary N) is 2. The Hall–Kier alpha value is -2.40. The average molecular weight is 307 g/mol. The standard InChI is InChI=1S/C18H21N5/c1-13-7-9-23-16(12-20-18(23)10-13)15-5-2-6-17(22-15)21-14-4-3-8-19-11-14/h2,5-7,9-10,12,14,19H,3-4,8,11H2,1H3,(H,21,22). The summed E-state index contributed by atoms with van der Waals surface area (Å²) in [4.78, 5) is 9.28. The molecule has 1 unspecified atom stereocenters. The first-order valence-corrected chi connectivity index (χ1v) is 8.18. The monoisotopic (exact) mass is 307 g/mol. The van der Waals surface area contributed by atoms with Gasteiger partial charge >= 0.3 is 0 Å². The zero-order valence-corrected chi connectivity index (χ0v) is 13.3. The number of fused-ring (bicyclic) bond motifs is 1. The second-order valence-corrected chi connectivity index (χ2v) is 6.17. The van der Waals surface area contributed by atoms with Crippen LogP contribution in [-0.4, -0.2) is 33.5 Å². The fourth-order valence-corrected chi connectivity index (χ4v) is 3.11. The number of hydrogen-bond acceptors (Lipinski definition) is 4. The minimum Gasteiger partial charge on any atom is -0.366 e. The van der Waals surface area contributed by atoms with Crippen molar-refractivity contribution in [3.63, 3.8) is 0 Å². The van der Waals surface area contributed by atoms with Crippen molar-refractivity contribution in [1.82, 2.24) is 19.7 Å². The summed E-state index contributed by atoms with van der Waals surface area (Å²) >= 11 is 0. The Kier molecular flexibility index (Phi) is 3.71. The SMILES string of the molecule is Cc1ccn2c(-c3cccc(NC4CCCNC4)n3)cnc2c1. The first-order valence-electron chi connectivity index (χ1n) is 8.18. The van der Waals surface area contributed by atoms with Crippen molar-refractivity contribution in [2.45, 2.75) is 25.8 Å². The van der Waals surface area contributed by atoms with E-state index in [4.69, 9.17) is 4.98 Å². The first-order chi connectivity index (χ1) is 11.3. The minimum absolute atomic E-state index is 0.455. The molecule has 2 N–H and O–H groups in total. The third kappa shape index (κ3) is 2.92. The second kappa shape index (κ2) is 6.01. The molecule has 1 aliphatic heterocycles. The maximum absolute atomic E-state index is 4.78. The summed E-state index contributed by atoms with van der Waals surface area (Å²) < 4.78 is 2.08. The molecule has 4 heterocycles. The molecule has 0 spiro atoms. The van der Waals surface area contributed by atoms with Crippen LogP contribution in [0, 0.1) is 6.92 Å². The molecule has 0 amide bonds. The van der Waals surface area contributed by atoms with Gasteiger partial charge in [0.25, 0.3) is 0 Å². The predicted octanol–water partition coefficient (Wildman–Crippen LogP) is 2.87. The smallest absolute Gasteiger partial charge is 0.137 e. The van der Waals surface area contributed by atoms with Crippen LogP contribution in [0.5, 0.6) is 0 Å². The molecule has 1 fully saturated rings. The Balaban J connectivity index is 1.64. The molecule has 0 aromatic carbocycles. The molecule has 1 saturated heterocycles. The lowest BCUT2D eigenvalue weighted by Gasteiger charge is -2.24. The number of pyridine rings is 2. The van der Waals surface area contributed by atoms with Gasteiger partial charge in [0.2, 0.25) is 0 Å². The molecule has 23 heavy (non-hydrogen) atoms. The minimum atomic E-state index is 0.455. The molecule has 0 bridgehead atoms. The zero-order chi connectivity index (χ0) is 15.6. The van der Waals surface area contributed by atoms with E-state index in [-0.39, 0.29) is 0 Å². The van der Waals surface area contributed by atoms with Gasteiger partial charge in [0.05, 0.1) is 17.6 Å². The largest absolute Gasteiger partial charge is 0.366 e. The van der Waals surface area contributed by atoms with Crippen molar-refractivity contribution in [2.75, 3.05) is 18.4 Å². The lowest BCUT2D eigenvalue weighted by molar-refractivity contribution is 0.479. The molecular weight excluding hydrogens is 286 g/mol. The molecule has 5 nitrogen and oxygen atoms in total. The molecule has 3 aromatic heterocycles. The third-order valence-corrected chi connectivity index (χ3v) is 4.33. The Morgan fingerprint density at radius 2 is 2.26 bits per heavy atom. The Morgan fingerprint density at radius 3 is 3.13 bits per heavy atom. The summed E-state index contributed by atoms with van der Waals surface area (Å²) in [5.74, 6) is 0.929. The molecule has 118 valence electrons. The molecule has 0 radical (unpaired) electrons. The van der Waals surface area contributed by atoms with Gasteiger partial charge in [0, 0.05) is 18.8 Å². The molecule has 4 rings (SSSR count). The van der Waals surface area contributed by atoms with Gasteiger partial charge in [-0.1, -0.05) is 6.07 Å². The highest BCUT2D eigenvalue weighted by molar-refractivity contribution is 5.62. The van der Waals surface area contributed by atoms with Crippen molar-refractivity contribution in [3.05, 3.63) is 48.3 Å². The number of rotatable bonds is 3. The van der Waals surface area contributed by atoms with E-state index in [1.165, 1.54) is 18.4 Å². The normalized spacial score (nSPS) is 18.2. The molecule has 5 heteroatoms. The highest BCUT2D eigenvalue weighted by Gasteiger charge is 2.14. The quantitative estimate of drug-likeness (QED) is 0.781. The van der Waals surface area contributed by atoms with Crippen molar-refractivity contribution >= 4 is 11.5 Å². The summed E-state index contributed by atoms with van der Waals surface area (Å²) in [6, 6.07) is 10.7. The number of imidazole rings is 1. The van der Waals surface area contributed by atoms with E-state index in [1.54, 1.807) is 0 Å². The van der Waals surface area contributed by atoms with Crippen LogP contribution in [0.2, 0.25) is 0 Å². The van der Waals surface area contributed by atoms with Crippen LogP contribution in [0.25, 0.3) is 17.0 Å². The third-order valence-electron chi connectivity index (χ3n) is 4.33. The van der Waals surface area contributed by atoms with Gasteiger partial charge in [-0.15, -0.1) is 0 Å². The van der Waals surface area contributed by atoms with E-state index in [2.05, 4.69) is 51.3 Å². The molecular formula is C18H21N5. The highest BCUT2D eigenvalue weighted by atomic mass is 15.1. The number of aromatic nitrogens is 3. The fourth-order valence-electron chi connectivity index (χ4n) is 3.11. The fraction of sp³-hybridized carbons (Fsp3) is 0.333. The molecule has 0 saturated carbocycles.